The molecule has 2 N–H and O–H groups in total. The van der Waals surface area contributed by atoms with E-state index in [-0.39, 0.29) is 11.8 Å². The smallest absolute Gasteiger partial charge is 0.161 e. The second kappa shape index (κ2) is 7.18. The zero-order valence-electron chi connectivity index (χ0n) is 13.5. The summed E-state index contributed by atoms with van der Waals surface area (Å²) in [6.45, 7) is 4.85. The van der Waals surface area contributed by atoms with Crippen LogP contribution in [0, 0.1) is 6.92 Å². The molecule has 0 aliphatic carbocycles. The third-order valence-corrected chi connectivity index (χ3v) is 3.76. The summed E-state index contributed by atoms with van der Waals surface area (Å²) in [5, 5.41) is 13.0. The quantitative estimate of drug-likeness (QED) is 0.856. The number of rotatable bonds is 6. The molecule has 0 bridgehead atoms. The van der Waals surface area contributed by atoms with E-state index in [1.54, 1.807) is 26.4 Å². The second-order valence-corrected chi connectivity index (χ2v) is 5.34. The summed E-state index contributed by atoms with van der Waals surface area (Å²) >= 11 is 0. The zero-order valence-corrected chi connectivity index (χ0v) is 13.5. The van der Waals surface area contributed by atoms with Gasteiger partial charge in [-0.3, -0.25) is 0 Å². The molecule has 2 aromatic rings. The number of aromatic hydroxyl groups is 1. The maximum atomic E-state index is 9.51. The van der Waals surface area contributed by atoms with Crippen LogP contribution >= 0.6 is 0 Å². The standard InChI is InChI=1S/C18H23NO3/c1-12-8-17(21-3)18(22-4)10-16(12)13(2)19-11-14-6-5-7-15(20)9-14/h5-10,13,19-20H,11H2,1-4H3/t13-/m0/s1. The van der Waals surface area contributed by atoms with Crippen LogP contribution in [-0.4, -0.2) is 19.3 Å². The Morgan fingerprint density at radius 2 is 1.77 bits per heavy atom. The van der Waals surface area contributed by atoms with Crippen LogP contribution in [0.15, 0.2) is 36.4 Å². The van der Waals surface area contributed by atoms with Crippen molar-refractivity contribution in [3.05, 3.63) is 53.1 Å². The molecule has 1 atom stereocenters. The summed E-state index contributed by atoms with van der Waals surface area (Å²) in [5.41, 5.74) is 3.36. The van der Waals surface area contributed by atoms with Gasteiger partial charge in [-0.05, 0) is 54.8 Å². The van der Waals surface area contributed by atoms with Gasteiger partial charge in [0.15, 0.2) is 11.5 Å². The van der Waals surface area contributed by atoms with Crippen molar-refractivity contribution in [1.29, 1.82) is 0 Å². The minimum Gasteiger partial charge on any atom is -0.508 e. The number of phenols is 1. The van der Waals surface area contributed by atoms with Gasteiger partial charge in [0.25, 0.3) is 0 Å². The van der Waals surface area contributed by atoms with Crippen molar-refractivity contribution in [1.82, 2.24) is 5.32 Å². The van der Waals surface area contributed by atoms with E-state index in [1.807, 2.05) is 24.3 Å². The second-order valence-electron chi connectivity index (χ2n) is 5.34. The average Bonchev–Trinajstić information content (AvgIpc) is 2.52. The minimum atomic E-state index is 0.155. The van der Waals surface area contributed by atoms with E-state index < -0.39 is 0 Å². The van der Waals surface area contributed by atoms with Crippen molar-refractivity contribution in [2.45, 2.75) is 26.4 Å². The maximum Gasteiger partial charge on any atom is 0.161 e. The van der Waals surface area contributed by atoms with Crippen molar-refractivity contribution in [3.8, 4) is 17.2 Å². The first-order chi connectivity index (χ1) is 10.5. The fraction of sp³-hybridized carbons (Fsp3) is 0.333. The normalized spacial score (nSPS) is 12.0. The molecular weight excluding hydrogens is 278 g/mol. The monoisotopic (exact) mass is 301 g/mol. The van der Waals surface area contributed by atoms with Crippen molar-refractivity contribution in [3.63, 3.8) is 0 Å². The fourth-order valence-electron chi connectivity index (χ4n) is 2.51. The molecule has 0 saturated carbocycles. The third kappa shape index (κ3) is 3.71. The van der Waals surface area contributed by atoms with E-state index in [4.69, 9.17) is 9.47 Å². The molecule has 0 amide bonds. The molecule has 0 aliphatic rings. The molecule has 0 aliphatic heterocycles. The highest BCUT2D eigenvalue weighted by Gasteiger charge is 2.13. The Morgan fingerprint density at radius 3 is 2.41 bits per heavy atom. The molecule has 4 heteroatoms. The van der Waals surface area contributed by atoms with Gasteiger partial charge in [-0.25, -0.2) is 0 Å². The molecule has 0 saturated heterocycles. The molecule has 0 unspecified atom stereocenters. The van der Waals surface area contributed by atoms with Crippen LogP contribution in [0.2, 0.25) is 0 Å². The third-order valence-electron chi connectivity index (χ3n) is 3.76. The van der Waals surface area contributed by atoms with Crippen LogP contribution in [-0.2, 0) is 6.54 Å². The molecule has 22 heavy (non-hydrogen) atoms. The van der Waals surface area contributed by atoms with Gasteiger partial charge in [-0.15, -0.1) is 0 Å². The summed E-state index contributed by atoms with van der Waals surface area (Å²) in [5.74, 6) is 1.76. The van der Waals surface area contributed by atoms with Gasteiger partial charge >= 0.3 is 0 Å². The highest BCUT2D eigenvalue weighted by atomic mass is 16.5. The topological polar surface area (TPSA) is 50.7 Å². The number of ether oxygens (including phenoxy) is 2. The highest BCUT2D eigenvalue weighted by Crippen LogP contribution is 2.32. The lowest BCUT2D eigenvalue weighted by Crippen LogP contribution is -2.19. The number of methoxy groups -OCH3 is 2. The molecule has 4 nitrogen and oxygen atoms in total. The van der Waals surface area contributed by atoms with Gasteiger partial charge in [-0.2, -0.15) is 0 Å². The highest BCUT2D eigenvalue weighted by molar-refractivity contribution is 5.48. The van der Waals surface area contributed by atoms with E-state index in [1.165, 1.54) is 0 Å². The molecule has 2 rings (SSSR count). The first kappa shape index (κ1) is 16.2. The lowest BCUT2D eigenvalue weighted by atomic mass is 10.0. The van der Waals surface area contributed by atoms with Gasteiger partial charge in [0.2, 0.25) is 0 Å². The Balaban J connectivity index is 2.13. The number of hydrogen-bond donors (Lipinski definition) is 2. The molecule has 118 valence electrons. The van der Waals surface area contributed by atoms with Crippen LogP contribution in [0.25, 0.3) is 0 Å². The van der Waals surface area contributed by atoms with Crippen molar-refractivity contribution in [2.24, 2.45) is 0 Å². The predicted molar refractivity (Wildman–Crippen MR) is 87.6 cm³/mol. The van der Waals surface area contributed by atoms with Crippen LogP contribution in [0.1, 0.15) is 29.7 Å². The average molecular weight is 301 g/mol. The van der Waals surface area contributed by atoms with Crippen molar-refractivity contribution < 1.29 is 14.6 Å². The minimum absolute atomic E-state index is 0.155. The van der Waals surface area contributed by atoms with Crippen molar-refractivity contribution >= 4 is 0 Å². The Bertz CT molecular complexity index is 640. The number of benzene rings is 2. The Hall–Kier alpha value is -2.20. The van der Waals surface area contributed by atoms with Crippen LogP contribution in [0.4, 0.5) is 0 Å². The lowest BCUT2D eigenvalue weighted by molar-refractivity contribution is 0.353. The number of phenolic OH excluding ortho intramolecular Hbond substituents is 1. The van der Waals surface area contributed by atoms with Crippen LogP contribution < -0.4 is 14.8 Å². The molecular formula is C18H23NO3. The molecule has 0 aromatic heterocycles. The van der Waals surface area contributed by atoms with E-state index in [2.05, 4.69) is 19.2 Å². The molecule has 0 fully saturated rings. The number of aryl methyl sites for hydroxylation is 1. The van der Waals surface area contributed by atoms with Gasteiger partial charge in [-0.1, -0.05) is 12.1 Å². The van der Waals surface area contributed by atoms with Crippen LogP contribution in [0.3, 0.4) is 0 Å². The molecule has 0 heterocycles. The predicted octanol–water partition coefficient (Wildman–Crippen LogP) is 3.57. The summed E-state index contributed by atoms with van der Waals surface area (Å²) in [4.78, 5) is 0. The number of nitrogens with one attached hydrogen (secondary N) is 1. The Morgan fingerprint density at radius 1 is 1.09 bits per heavy atom. The van der Waals surface area contributed by atoms with Gasteiger partial charge in [0.05, 0.1) is 14.2 Å². The summed E-state index contributed by atoms with van der Waals surface area (Å²) in [6.07, 6.45) is 0. The maximum absolute atomic E-state index is 9.51. The summed E-state index contributed by atoms with van der Waals surface area (Å²) < 4.78 is 10.7. The Labute approximate surface area is 131 Å². The number of hydrogen-bond acceptors (Lipinski definition) is 4. The zero-order chi connectivity index (χ0) is 16.1. The fourth-order valence-corrected chi connectivity index (χ4v) is 2.51. The van der Waals surface area contributed by atoms with E-state index >= 15 is 0 Å². The van der Waals surface area contributed by atoms with Gasteiger partial charge in [0.1, 0.15) is 5.75 Å². The first-order valence-electron chi connectivity index (χ1n) is 7.29. The van der Waals surface area contributed by atoms with Crippen molar-refractivity contribution in [2.75, 3.05) is 14.2 Å². The Kier molecular flexibility index (Phi) is 5.28. The molecule has 2 aromatic carbocycles. The summed E-state index contributed by atoms with van der Waals surface area (Å²) in [6, 6.07) is 11.4. The van der Waals surface area contributed by atoms with Gasteiger partial charge < -0.3 is 19.9 Å². The van der Waals surface area contributed by atoms with E-state index in [0.717, 1.165) is 28.2 Å². The SMILES string of the molecule is COc1cc(C)c([C@H](C)NCc2cccc(O)c2)cc1OC. The lowest BCUT2D eigenvalue weighted by Gasteiger charge is -2.19. The summed E-state index contributed by atoms with van der Waals surface area (Å²) in [7, 11) is 3.28. The van der Waals surface area contributed by atoms with E-state index in [9.17, 15) is 5.11 Å². The molecule has 0 radical (unpaired) electrons. The largest absolute Gasteiger partial charge is 0.508 e. The van der Waals surface area contributed by atoms with Gasteiger partial charge in [0, 0.05) is 12.6 Å². The van der Waals surface area contributed by atoms with Crippen LogP contribution in [0.5, 0.6) is 17.2 Å². The van der Waals surface area contributed by atoms with E-state index in [0.29, 0.717) is 6.54 Å². The first-order valence-corrected chi connectivity index (χ1v) is 7.29. The molecule has 0 spiro atoms.